The Hall–Kier alpha value is -4.58. The quantitative estimate of drug-likeness (QED) is 0.183. The molecule has 7 rings (SSSR count). The van der Waals surface area contributed by atoms with E-state index in [2.05, 4.69) is 31.0 Å². The van der Waals surface area contributed by atoms with Crippen LogP contribution in [0.1, 0.15) is 104 Å². The Labute approximate surface area is 341 Å². The van der Waals surface area contributed by atoms with Crippen molar-refractivity contribution in [3.05, 3.63) is 64.0 Å². The van der Waals surface area contributed by atoms with Crippen molar-refractivity contribution < 1.29 is 23.9 Å². The molecule has 5 aromatic rings. The first-order chi connectivity index (χ1) is 26.3. The normalized spacial score (nSPS) is 19.6. The average Bonchev–Trinajstić information content (AvgIpc) is 3.77. The van der Waals surface area contributed by atoms with E-state index in [1.807, 2.05) is 103 Å². The minimum atomic E-state index is -0.516. The number of carbonyl (C=O) groups is 3. The van der Waals surface area contributed by atoms with Gasteiger partial charge < -0.3 is 20.1 Å². The molecule has 1 saturated heterocycles. The van der Waals surface area contributed by atoms with Gasteiger partial charge in [-0.1, -0.05) is 24.3 Å². The number of para-hydroxylation sites is 2. The number of hydrogen-bond acceptors (Lipinski definition) is 12. The number of piperidine rings is 1. The highest BCUT2D eigenvalue weighted by Gasteiger charge is 2.39. The predicted molar refractivity (Wildman–Crippen MR) is 227 cm³/mol. The number of nitriles is 1. The predicted octanol–water partition coefficient (Wildman–Crippen LogP) is 10.6. The van der Waals surface area contributed by atoms with Crippen molar-refractivity contribution in [3.8, 4) is 16.6 Å². The van der Waals surface area contributed by atoms with Crippen LogP contribution < -0.4 is 5.73 Å². The van der Waals surface area contributed by atoms with Gasteiger partial charge in [0, 0.05) is 41.4 Å². The number of thiazole rings is 2. The standard InChI is InChI=1S/C21H25N3O2S2.C12H21NO3.C9H6N2S/c1-11-10-13-16(19-23-14-8-6-7-9-15(14)27-19)18(22)28-17(13)12(2)24(11)20(25)26-21(3,4)5;1-8-6-10(14)7-9(2)13(8)11(15)16-12(3,4)5;10-6-5-9-11-7-3-1-2-4-8(7)12-9/h6-9,11-12H,10,22H2,1-5H3;8-9H,6-7H2,1-5H3;1-4H,5H2. The fourth-order valence-corrected chi connectivity index (χ4v) is 10.1. The summed E-state index contributed by atoms with van der Waals surface area (Å²) in [4.78, 5) is 49.8. The largest absolute Gasteiger partial charge is 0.444 e. The molecule has 2 amide bonds. The van der Waals surface area contributed by atoms with Crippen molar-refractivity contribution in [1.29, 1.82) is 5.26 Å². The highest BCUT2D eigenvalue weighted by atomic mass is 32.1. The molecule has 2 aliphatic rings. The number of amides is 2. The topological polar surface area (TPSA) is 152 Å². The monoisotopic (exact) mass is 816 g/mol. The van der Waals surface area contributed by atoms with Crippen LogP contribution in [0.5, 0.6) is 0 Å². The summed E-state index contributed by atoms with van der Waals surface area (Å²) >= 11 is 4.82. The van der Waals surface area contributed by atoms with Gasteiger partial charge >= 0.3 is 12.2 Å². The average molecular weight is 817 g/mol. The first kappa shape index (κ1) is 42.6. The number of carbonyl (C=O) groups excluding carboxylic acids is 3. The second-order valence-corrected chi connectivity index (χ2v) is 19.5. The highest BCUT2D eigenvalue weighted by molar-refractivity contribution is 7.22. The van der Waals surface area contributed by atoms with Gasteiger partial charge in [-0.2, -0.15) is 5.26 Å². The molecule has 2 N–H and O–H groups in total. The fraction of sp³-hybridized carbons (Fsp3) is 0.476. The smallest absolute Gasteiger partial charge is 0.411 e. The maximum atomic E-state index is 12.8. The summed E-state index contributed by atoms with van der Waals surface area (Å²) in [5, 5.41) is 11.1. The first-order valence-electron chi connectivity index (χ1n) is 18.8. The number of ether oxygens (including phenoxy) is 2. The molecule has 4 unspecified atom stereocenters. The summed E-state index contributed by atoms with van der Waals surface area (Å²) < 4.78 is 13.3. The van der Waals surface area contributed by atoms with Crippen LogP contribution in [-0.4, -0.2) is 67.1 Å². The maximum absolute atomic E-state index is 12.8. The van der Waals surface area contributed by atoms with Crippen LogP contribution in [0.3, 0.4) is 0 Å². The Morgan fingerprint density at radius 3 is 1.80 bits per heavy atom. The number of thiophene rings is 1. The van der Waals surface area contributed by atoms with Gasteiger partial charge in [-0.05, 0) is 105 Å². The first-order valence-corrected chi connectivity index (χ1v) is 21.2. The highest BCUT2D eigenvalue weighted by Crippen LogP contribution is 2.48. The molecule has 0 aliphatic carbocycles. The Morgan fingerprint density at radius 2 is 1.29 bits per heavy atom. The van der Waals surface area contributed by atoms with Crippen LogP contribution in [0.4, 0.5) is 14.6 Å². The zero-order valence-electron chi connectivity index (χ0n) is 33.8. The lowest BCUT2D eigenvalue weighted by molar-refractivity contribution is -0.124. The number of likely N-dealkylation sites (tertiary alicyclic amines) is 1. The van der Waals surface area contributed by atoms with E-state index in [1.54, 1.807) is 38.9 Å². The van der Waals surface area contributed by atoms with E-state index in [0.717, 1.165) is 52.3 Å². The maximum Gasteiger partial charge on any atom is 0.411 e. The molecule has 2 aromatic carbocycles. The fourth-order valence-electron chi connectivity index (χ4n) is 6.92. The number of nitrogens with zero attached hydrogens (tertiary/aromatic N) is 5. The summed E-state index contributed by atoms with van der Waals surface area (Å²) in [6.07, 6.45) is 1.44. The summed E-state index contributed by atoms with van der Waals surface area (Å²) in [7, 11) is 0. The Balaban J connectivity index is 0.000000180. The second-order valence-electron chi connectivity index (χ2n) is 16.2. The summed E-state index contributed by atoms with van der Waals surface area (Å²) in [5.74, 6) is 0.222. The third kappa shape index (κ3) is 10.2. The van der Waals surface area contributed by atoms with Crippen molar-refractivity contribution in [2.45, 2.75) is 130 Å². The van der Waals surface area contributed by atoms with Gasteiger partial charge in [-0.3, -0.25) is 9.69 Å². The number of benzene rings is 2. The zero-order chi connectivity index (χ0) is 41.1. The Morgan fingerprint density at radius 1 is 0.786 bits per heavy atom. The summed E-state index contributed by atoms with van der Waals surface area (Å²) in [6.45, 7) is 19.1. The van der Waals surface area contributed by atoms with Crippen molar-refractivity contribution in [1.82, 2.24) is 19.8 Å². The lowest BCUT2D eigenvalue weighted by Gasteiger charge is -2.39. The molecule has 4 atom stereocenters. The van der Waals surface area contributed by atoms with Crippen LogP contribution in [0, 0.1) is 11.3 Å². The number of nitrogens with two attached hydrogens (primary N) is 1. The minimum absolute atomic E-state index is 0.0273. The number of aromatic nitrogens is 2. The number of anilines is 1. The van der Waals surface area contributed by atoms with Crippen LogP contribution in [0.2, 0.25) is 0 Å². The van der Waals surface area contributed by atoms with Crippen LogP contribution in [0.25, 0.3) is 31.0 Å². The number of fused-ring (bicyclic) bond motifs is 3. The molecule has 3 aromatic heterocycles. The van der Waals surface area contributed by atoms with Gasteiger partial charge in [0.15, 0.2) is 0 Å². The molecule has 56 heavy (non-hydrogen) atoms. The molecule has 0 spiro atoms. The third-order valence-electron chi connectivity index (χ3n) is 9.12. The van der Waals surface area contributed by atoms with E-state index in [4.69, 9.17) is 25.5 Å². The zero-order valence-corrected chi connectivity index (χ0v) is 36.3. The SMILES string of the molecule is CC1CC(=O)CC(C)N1C(=O)OC(C)(C)C.CC1Cc2c(sc(N)c2-c2nc3ccccc3s2)C(C)N1C(=O)OC(C)(C)C.N#CCc1nc2ccccc2s1. The van der Waals surface area contributed by atoms with E-state index in [0.29, 0.717) is 19.3 Å². The van der Waals surface area contributed by atoms with Gasteiger partial charge in [0.1, 0.15) is 27.0 Å². The number of hydrogen-bond donors (Lipinski definition) is 1. The van der Waals surface area contributed by atoms with Gasteiger partial charge in [-0.15, -0.1) is 34.0 Å². The molecule has 2 aliphatic heterocycles. The molecular weight excluding hydrogens is 765 g/mol. The number of nitrogen functional groups attached to an aromatic ring is 1. The van der Waals surface area contributed by atoms with Gasteiger partial charge in [0.25, 0.3) is 0 Å². The third-order valence-corrected chi connectivity index (χ3v) is 12.4. The van der Waals surface area contributed by atoms with Gasteiger partial charge in [0.05, 0.1) is 44.0 Å². The van der Waals surface area contributed by atoms with Crippen molar-refractivity contribution >= 4 is 77.4 Å². The van der Waals surface area contributed by atoms with Crippen LogP contribution >= 0.6 is 34.0 Å². The Kier molecular flexibility index (Phi) is 13.1. The molecular formula is C42H52N6O5S3. The second kappa shape index (κ2) is 17.3. The van der Waals surface area contributed by atoms with Crippen LogP contribution in [-0.2, 0) is 27.1 Å². The molecule has 5 heterocycles. The van der Waals surface area contributed by atoms with E-state index < -0.39 is 11.2 Å². The molecule has 0 saturated carbocycles. The number of rotatable bonds is 2. The Bertz CT molecular complexity index is 2160. The molecule has 14 heteroatoms. The van der Waals surface area contributed by atoms with E-state index >= 15 is 0 Å². The van der Waals surface area contributed by atoms with Crippen molar-refractivity contribution in [2.75, 3.05) is 5.73 Å². The molecule has 1 fully saturated rings. The van der Waals surface area contributed by atoms with E-state index in [1.165, 1.54) is 5.56 Å². The van der Waals surface area contributed by atoms with Gasteiger partial charge in [-0.25, -0.2) is 19.6 Å². The molecule has 0 radical (unpaired) electrons. The molecule has 298 valence electrons. The lowest BCUT2D eigenvalue weighted by atomic mass is 9.93. The van der Waals surface area contributed by atoms with E-state index in [-0.39, 0.29) is 42.1 Å². The summed E-state index contributed by atoms with van der Waals surface area (Å²) in [5.41, 5.74) is 9.71. The van der Waals surface area contributed by atoms with Gasteiger partial charge in [0.2, 0.25) is 0 Å². The lowest BCUT2D eigenvalue weighted by Crippen LogP contribution is -2.51. The number of ketones is 1. The van der Waals surface area contributed by atoms with Crippen LogP contribution in [0.15, 0.2) is 48.5 Å². The summed E-state index contributed by atoms with van der Waals surface area (Å²) in [6, 6.07) is 18.0. The molecule has 11 nitrogen and oxygen atoms in total. The minimum Gasteiger partial charge on any atom is -0.444 e. The van der Waals surface area contributed by atoms with Crippen molar-refractivity contribution in [2.24, 2.45) is 0 Å². The number of Topliss-reactive ketones (excluding diaryl/α,β-unsaturated/α-hetero) is 1. The molecule has 0 bridgehead atoms. The van der Waals surface area contributed by atoms with Crippen molar-refractivity contribution in [3.63, 3.8) is 0 Å². The van der Waals surface area contributed by atoms with E-state index in [9.17, 15) is 14.4 Å².